The Morgan fingerprint density at radius 3 is 2.65 bits per heavy atom. The molecule has 7 heteroatoms. The highest BCUT2D eigenvalue weighted by atomic mass is 32.1. The fourth-order valence-electron chi connectivity index (χ4n) is 3.43. The molecule has 31 heavy (non-hydrogen) atoms. The Bertz CT molecular complexity index is 1010. The van der Waals surface area contributed by atoms with Gasteiger partial charge in [-0.1, -0.05) is 30.3 Å². The van der Waals surface area contributed by atoms with Crippen molar-refractivity contribution < 1.29 is 13.9 Å². The molecule has 1 amide bonds. The van der Waals surface area contributed by atoms with Crippen LogP contribution in [0.25, 0.3) is 16.6 Å². The topological polar surface area (TPSA) is 54.5 Å². The predicted octanol–water partition coefficient (Wildman–Crippen LogP) is 4.15. The zero-order valence-corrected chi connectivity index (χ0v) is 17.9. The van der Waals surface area contributed by atoms with Crippen molar-refractivity contribution >= 4 is 23.3 Å². The first-order valence-electron chi connectivity index (χ1n) is 10.2. The molecular formula is C24H24FN3O2S. The van der Waals surface area contributed by atoms with Gasteiger partial charge in [0, 0.05) is 36.7 Å². The SMILES string of the molecule is O=C(/C=C/c1csc(-c2ccc(F)cc2)n1)NC(CN1CCOCC1)c1ccccc1. The lowest BCUT2D eigenvalue weighted by Gasteiger charge is -2.30. The molecule has 0 bridgehead atoms. The van der Waals surface area contributed by atoms with E-state index in [0.717, 1.165) is 49.0 Å². The van der Waals surface area contributed by atoms with Crippen molar-refractivity contribution in [2.75, 3.05) is 32.8 Å². The van der Waals surface area contributed by atoms with Gasteiger partial charge in [0.05, 0.1) is 24.9 Å². The third-order valence-electron chi connectivity index (χ3n) is 5.08. The van der Waals surface area contributed by atoms with E-state index in [1.54, 1.807) is 18.2 Å². The number of morpholine rings is 1. The Morgan fingerprint density at radius 1 is 1.16 bits per heavy atom. The molecule has 2 aromatic carbocycles. The number of benzene rings is 2. The van der Waals surface area contributed by atoms with Crippen LogP contribution in [0.4, 0.5) is 4.39 Å². The fraction of sp³-hybridized carbons (Fsp3) is 0.250. The summed E-state index contributed by atoms with van der Waals surface area (Å²) < 4.78 is 18.5. The number of amides is 1. The van der Waals surface area contributed by atoms with Crippen molar-refractivity contribution in [3.63, 3.8) is 0 Å². The van der Waals surface area contributed by atoms with Gasteiger partial charge >= 0.3 is 0 Å². The lowest BCUT2D eigenvalue weighted by atomic mass is 10.1. The molecule has 1 N–H and O–H groups in total. The molecule has 2 heterocycles. The molecule has 1 atom stereocenters. The lowest BCUT2D eigenvalue weighted by molar-refractivity contribution is -0.117. The van der Waals surface area contributed by atoms with Crippen molar-refractivity contribution in [2.24, 2.45) is 0 Å². The Kier molecular flexibility index (Phi) is 7.19. The molecule has 160 valence electrons. The monoisotopic (exact) mass is 437 g/mol. The molecule has 3 aromatic rings. The molecule has 0 aliphatic carbocycles. The minimum atomic E-state index is -0.276. The van der Waals surface area contributed by atoms with Gasteiger partial charge in [0.15, 0.2) is 0 Å². The van der Waals surface area contributed by atoms with Gasteiger partial charge in [0.1, 0.15) is 10.8 Å². The number of halogens is 1. The largest absolute Gasteiger partial charge is 0.379 e. The number of thiazole rings is 1. The number of aromatic nitrogens is 1. The second kappa shape index (κ2) is 10.4. The van der Waals surface area contributed by atoms with Crippen LogP contribution >= 0.6 is 11.3 Å². The Labute approximate surface area is 185 Å². The van der Waals surface area contributed by atoms with E-state index in [1.807, 2.05) is 35.7 Å². The van der Waals surface area contributed by atoms with Crippen molar-refractivity contribution in [3.05, 3.63) is 83.1 Å². The molecule has 1 unspecified atom stereocenters. The predicted molar refractivity (Wildman–Crippen MR) is 121 cm³/mol. The summed E-state index contributed by atoms with van der Waals surface area (Å²) in [5, 5.41) is 5.79. The van der Waals surface area contributed by atoms with E-state index >= 15 is 0 Å². The number of nitrogens with zero attached hydrogens (tertiary/aromatic N) is 2. The highest BCUT2D eigenvalue weighted by Crippen LogP contribution is 2.24. The van der Waals surface area contributed by atoms with Crippen LogP contribution in [0.1, 0.15) is 17.3 Å². The van der Waals surface area contributed by atoms with Crippen LogP contribution in [0.15, 0.2) is 66.1 Å². The van der Waals surface area contributed by atoms with Gasteiger partial charge in [-0.15, -0.1) is 11.3 Å². The first-order valence-corrected chi connectivity index (χ1v) is 11.1. The summed E-state index contributed by atoms with van der Waals surface area (Å²) in [5.41, 5.74) is 2.62. The maximum atomic E-state index is 13.1. The van der Waals surface area contributed by atoms with Crippen LogP contribution < -0.4 is 5.32 Å². The van der Waals surface area contributed by atoms with Gasteiger partial charge in [0.2, 0.25) is 5.91 Å². The van der Waals surface area contributed by atoms with Crippen LogP contribution in [-0.4, -0.2) is 48.6 Å². The standard InChI is InChI=1S/C24H24FN3O2S/c25-20-8-6-19(7-9-20)24-26-21(17-31-24)10-11-23(29)27-22(18-4-2-1-3-5-18)16-28-12-14-30-15-13-28/h1-11,17,22H,12-16H2,(H,27,29)/b11-10+. The van der Waals surface area contributed by atoms with Crippen molar-refractivity contribution in [1.29, 1.82) is 0 Å². The molecule has 0 spiro atoms. The second-order valence-corrected chi connectivity index (χ2v) is 8.16. The summed E-state index contributed by atoms with van der Waals surface area (Å²) in [4.78, 5) is 19.5. The molecule has 5 nitrogen and oxygen atoms in total. The summed E-state index contributed by atoms with van der Waals surface area (Å²) >= 11 is 1.46. The maximum absolute atomic E-state index is 13.1. The number of carbonyl (C=O) groups is 1. The molecule has 0 saturated carbocycles. The van der Waals surface area contributed by atoms with Gasteiger partial charge in [-0.3, -0.25) is 9.69 Å². The van der Waals surface area contributed by atoms with Crippen LogP contribution in [-0.2, 0) is 9.53 Å². The number of carbonyl (C=O) groups excluding carboxylic acids is 1. The highest BCUT2D eigenvalue weighted by molar-refractivity contribution is 7.13. The average Bonchev–Trinajstić information content (AvgIpc) is 3.28. The molecule has 1 aliphatic heterocycles. The molecule has 1 aliphatic rings. The minimum Gasteiger partial charge on any atom is -0.379 e. The second-order valence-electron chi connectivity index (χ2n) is 7.30. The summed E-state index contributed by atoms with van der Waals surface area (Å²) in [6.07, 6.45) is 3.22. The summed E-state index contributed by atoms with van der Waals surface area (Å²) in [6, 6.07) is 16.1. The Morgan fingerprint density at radius 2 is 1.90 bits per heavy atom. The van der Waals surface area contributed by atoms with E-state index in [0.29, 0.717) is 5.69 Å². The molecule has 1 fully saturated rings. The van der Waals surface area contributed by atoms with Crippen LogP contribution in [0.3, 0.4) is 0 Å². The molecule has 1 saturated heterocycles. The zero-order chi connectivity index (χ0) is 21.5. The fourth-order valence-corrected chi connectivity index (χ4v) is 4.22. The Hall–Kier alpha value is -2.87. The van der Waals surface area contributed by atoms with Gasteiger partial charge in [-0.05, 0) is 35.9 Å². The third kappa shape index (κ3) is 6.07. The van der Waals surface area contributed by atoms with Crippen molar-refractivity contribution in [3.8, 4) is 10.6 Å². The average molecular weight is 438 g/mol. The smallest absolute Gasteiger partial charge is 0.244 e. The molecular weight excluding hydrogens is 413 g/mol. The van der Waals surface area contributed by atoms with E-state index in [4.69, 9.17) is 4.74 Å². The van der Waals surface area contributed by atoms with Gasteiger partial charge in [-0.25, -0.2) is 9.37 Å². The number of hydrogen-bond donors (Lipinski definition) is 1. The number of rotatable bonds is 7. The van der Waals surface area contributed by atoms with Crippen LogP contribution in [0, 0.1) is 5.82 Å². The quantitative estimate of drug-likeness (QED) is 0.564. The van der Waals surface area contributed by atoms with E-state index in [2.05, 4.69) is 15.2 Å². The maximum Gasteiger partial charge on any atom is 0.244 e. The lowest BCUT2D eigenvalue weighted by Crippen LogP contribution is -2.42. The summed E-state index contributed by atoms with van der Waals surface area (Å²) in [5.74, 6) is -0.444. The number of ether oxygens (including phenoxy) is 1. The van der Waals surface area contributed by atoms with E-state index in [9.17, 15) is 9.18 Å². The third-order valence-corrected chi connectivity index (χ3v) is 5.99. The number of nitrogens with one attached hydrogen (secondary N) is 1. The zero-order valence-electron chi connectivity index (χ0n) is 17.0. The Balaban J connectivity index is 1.41. The first-order chi connectivity index (χ1) is 15.2. The minimum absolute atomic E-state index is 0.110. The highest BCUT2D eigenvalue weighted by Gasteiger charge is 2.19. The van der Waals surface area contributed by atoms with E-state index in [1.165, 1.54) is 29.5 Å². The van der Waals surface area contributed by atoms with Crippen LogP contribution in [0.2, 0.25) is 0 Å². The van der Waals surface area contributed by atoms with E-state index < -0.39 is 0 Å². The van der Waals surface area contributed by atoms with Crippen LogP contribution in [0.5, 0.6) is 0 Å². The van der Waals surface area contributed by atoms with E-state index in [-0.39, 0.29) is 17.8 Å². The van der Waals surface area contributed by atoms with Crippen molar-refractivity contribution in [1.82, 2.24) is 15.2 Å². The van der Waals surface area contributed by atoms with Gasteiger partial charge in [-0.2, -0.15) is 0 Å². The summed E-state index contributed by atoms with van der Waals surface area (Å²) in [7, 11) is 0. The van der Waals surface area contributed by atoms with Gasteiger partial charge < -0.3 is 10.1 Å². The van der Waals surface area contributed by atoms with Gasteiger partial charge in [0.25, 0.3) is 0 Å². The number of hydrogen-bond acceptors (Lipinski definition) is 5. The normalized spacial score (nSPS) is 15.8. The molecule has 0 radical (unpaired) electrons. The molecule has 1 aromatic heterocycles. The van der Waals surface area contributed by atoms with Crippen molar-refractivity contribution in [2.45, 2.75) is 6.04 Å². The summed E-state index contributed by atoms with van der Waals surface area (Å²) in [6.45, 7) is 3.89. The molecule has 4 rings (SSSR count). The first kappa shape index (κ1) is 21.4.